The maximum Gasteiger partial charge on any atom is 0.253 e. The van der Waals surface area contributed by atoms with Crippen molar-refractivity contribution in [3.05, 3.63) is 35.4 Å². The molecule has 2 saturated heterocycles. The molecule has 0 bridgehead atoms. The number of hydrogen-bond donors (Lipinski definition) is 2. The first kappa shape index (κ1) is 19.2. The Labute approximate surface area is 160 Å². The van der Waals surface area contributed by atoms with Gasteiger partial charge in [-0.3, -0.25) is 14.9 Å². The fraction of sp³-hybridized carbons (Fsp3) is 0.600. The number of hydrogen-bond acceptors (Lipinski definition) is 4. The van der Waals surface area contributed by atoms with Crippen LogP contribution in [0.2, 0.25) is 0 Å². The average Bonchev–Trinajstić information content (AvgIpc) is 3.06. The van der Waals surface area contributed by atoms with Crippen molar-refractivity contribution >= 4 is 23.6 Å². The van der Waals surface area contributed by atoms with E-state index in [2.05, 4.69) is 17.6 Å². The first-order chi connectivity index (χ1) is 12.4. The molecule has 2 unspecified atom stereocenters. The van der Waals surface area contributed by atoms with Crippen LogP contribution in [0.1, 0.15) is 49.0 Å². The van der Waals surface area contributed by atoms with Crippen molar-refractivity contribution in [2.24, 2.45) is 0 Å². The van der Waals surface area contributed by atoms with Gasteiger partial charge in [0.15, 0.2) is 0 Å². The van der Waals surface area contributed by atoms with E-state index in [0.717, 1.165) is 49.2 Å². The molecule has 2 aliphatic heterocycles. The molecule has 1 aromatic rings. The van der Waals surface area contributed by atoms with Gasteiger partial charge in [0.05, 0.1) is 10.9 Å². The van der Waals surface area contributed by atoms with Crippen LogP contribution in [0.5, 0.6) is 0 Å². The Morgan fingerprint density at radius 2 is 1.96 bits per heavy atom. The van der Waals surface area contributed by atoms with E-state index in [-0.39, 0.29) is 28.8 Å². The molecule has 6 heteroatoms. The Hall–Kier alpha value is -1.53. The van der Waals surface area contributed by atoms with Gasteiger partial charge in [0.2, 0.25) is 5.91 Å². The zero-order chi connectivity index (χ0) is 18.7. The summed E-state index contributed by atoms with van der Waals surface area (Å²) < 4.78 is 0. The zero-order valence-corrected chi connectivity index (χ0v) is 16.7. The van der Waals surface area contributed by atoms with Crippen molar-refractivity contribution in [2.45, 2.75) is 57.0 Å². The number of nitrogens with one attached hydrogen (secondary N) is 2. The van der Waals surface area contributed by atoms with E-state index in [0.29, 0.717) is 0 Å². The molecule has 0 aromatic heterocycles. The van der Waals surface area contributed by atoms with E-state index >= 15 is 0 Å². The van der Waals surface area contributed by atoms with Crippen molar-refractivity contribution in [1.29, 1.82) is 0 Å². The summed E-state index contributed by atoms with van der Waals surface area (Å²) in [5.74, 6) is 1.00. The maximum absolute atomic E-state index is 12.7. The molecule has 0 radical (unpaired) electrons. The molecule has 3 rings (SSSR count). The smallest absolute Gasteiger partial charge is 0.253 e. The van der Waals surface area contributed by atoms with Crippen LogP contribution in [0.4, 0.5) is 0 Å². The van der Waals surface area contributed by atoms with Crippen molar-refractivity contribution in [3.8, 4) is 0 Å². The van der Waals surface area contributed by atoms with Gasteiger partial charge in [-0.15, -0.1) is 11.8 Å². The summed E-state index contributed by atoms with van der Waals surface area (Å²) in [7, 11) is 0. The maximum atomic E-state index is 12.7. The number of carbonyl (C=O) groups excluding carboxylic acids is 2. The van der Waals surface area contributed by atoms with Gasteiger partial charge in [0, 0.05) is 30.4 Å². The third-order valence-electron chi connectivity index (χ3n) is 5.44. The van der Waals surface area contributed by atoms with Crippen LogP contribution < -0.4 is 10.6 Å². The van der Waals surface area contributed by atoms with Gasteiger partial charge in [-0.25, -0.2) is 0 Å². The molecule has 2 amide bonds. The predicted octanol–water partition coefficient (Wildman–Crippen LogP) is 2.55. The minimum absolute atomic E-state index is 0.0679. The van der Waals surface area contributed by atoms with E-state index in [1.54, 1.807) is 0 Å². The highest BCUT2D eigenvalue weighted by Crippen LogP contribution is 2.39. The van der Waals surface area contributed by atoms with Gasteiger partial charge in [-0.2, -0.15) is 0 Å². The lowest BCUT2D eigenvalue weighted by atomic mass is 10.0. The third-order valence-corrected chi connectivity index (χ3v) is 7.02. The Morgan fingerprint density at radius 3 is 2.58 bits per heavy atom. The summed E-state index contributed by atoms with van der Waals surface area (Å²) in [5, 5.41) is 6.62. The van der Waals surface area contributed by atoms with Gasteiger partial charge < -0.3 is 10.2 Å². The molecule has 26 heavy (non-hydrogen) atoms. The first-order valence-corrected chi connectivity index (χ1v) is 10.5. The van der Waals surface area contributed by atoms with Crippen molar-refractivity contribution in [3.63, 3.8) is 0 Å². The highest BCUT2D eigenvalue weighted by atomic mass is 32.2. The molecule has 2 heterocycles. The van der Waals surface area contributed by atoms with Gasteiger partial charge >= 0.3 is 0 Å². The summed E-state index contributed by atoms with van der Waals surface area (Å²) in [5.41, 5.74) is 1.91. The van der Waals surface area contributed by atoms with Gasteiger partial charge in [0.25, 0.3) is 5.91 Å². The van der Waals surface area contributed by atoms with Crippen LogP contribution in [-0.2, 0) is 4.79 Å². The molecule has 142 valence electrons. The van der Waals surface area contributed by atoms with E-state index in [9.17, 15) is 9.59 Å². The number of carbonyl (C=O) groups is 2. The average molecular weight is 376 g/mol. The van der Waals surface area contributed by atoms with Crippen LogP contribution in [0.15, 0.2) is 24.3 Å². The van der Waals surface area contributed by atoms with Crippen LogP contribution in [0, 0.1) is 6.92 Å². The van der Waals surface area contributed by atoms with Gasteiger partial charge in [0.1, 0.15) is 0 Å². The molecule has 0 saturated carbocycles. The van der Waals surface area contributed by atoms with E-state index in [1.807, 2.05) is 54.8 Å². The highest BCUT2D eigenvalue weighted by Gasteiger charge is 2.44. The fourth-order valence-electron chi connectivity index (χ4n) is 3.47. The topological polar surface area (TPSA) is 61.4 Å². The monoisotopic (exact) mass is 375 g/mol. The summed E-state index contributed by atoms with van der Waals surface area (Å²) in [6, 6.07) is 7.84. The molecule has 2 N–H and O–H groups in total. The Bertz CT molecular complexity index is 654. The largest absolute Gasteiger partial charge is 0.352 e. The zero-order valence-electron chi connectivity index (χ0n) is 15.9. The molecule has 0 aliphatic carbocycles. The highest BCUT2D eigenvalue weighted by molar-refractivity contribution is 8.01. The second-order valence-electron chi connectivity index (χ2n) is 7.48. The number of benzene rings is 1. The fourth-order valence-corrected chi connectivity index (χ4v) is 4.89. The number of rotatable bonds is 4. The number of amides is 2. The summed E-state index contributed by atoms with van der Waals surface area (Å²) in [4.78, 5) is 26.9. The van der Waals surface area contributed by atoms with E-state index in [4.69, 9.17) is 0 Å². The molecular formula is C20H29N3O2S. The standard InChI is InChI=1S/C20H29N3O2S/c1-4-15(3)21-18(24)17-13-26-20(22-17)9-11-23(12-10-20)19(25)16-7-5-14(2)6-8-16/h5-8,15,17,22H,4,9-13H2,1-3H3,(H,21,24). The Morgan fingerprint density at radius 1 is 1.31 bits per heavy atom. The van der Waals surface area contributed by atoms with Gasteiger partial charge in [-0.1, -0.05) is 24.6 Å². The Kier molecular flexibility index (Phi) is 5.92. The molecule has 2 atom stereocenters. The second kappa shape index (κ2) is 8.01. The second-order valence-corrected chi connectivity index (χ2v) is 8.88. The third kappa shape index (κ3) is 4.23. The number of thioether (sulfide) groups is 1. The van der Waals surface area contributed by atoms with Crippen LogP contribution in [-0.4, -0.2) is 52.5 Å². The number of piperidine rings is 1. The molecule has 1 aromatic carbocycles. The minimum atomic E-state index is -0.131. The quantitative estimate of drug-likeness (QED) is 0.849. The van der Waals surface area contributed by atoms with Crippen molar-refractivity contribution in [1.82, 2.24) is 15.5 Å². The molecular weight excluding hydrogens is 346 g/mol. The minimum Gasteiger partial charge on any atom is -0.352 e. The number of likely N-dealkylation sites (tertiary alicyclic amines) is 1. The molecule has 2 aliphatic rings. The van der Waals surface area contributed by atoms with Crippen LogP contribution in [0.25, 0.3) is 0 Å². The van der Waals surface area contributed by atoms with E-state index in [1.165, 1.54) is 0 Å². The lowest BCUT2D eigenvalue weighted by Gasteiger charge is -2.39. The van der Waals surface area contributed by atoms with Gasteiger partial charge in [-0.05, 0) is 45.2 Å². The summed E-state index contributed by atoms with van der Waals surface area (Å²) in [6.07, 6.45) is 2.69. The van der Waals surface area contributed by atoms with Crippen molar-refractivity contribution in [2.75, 3.05) is 18.8 Å². The lowest BCUT2D eigenvalue weighted by molar-refractivity contribution is -0.123. The number of aryl methyl sites for hydroxylation is 1. The normalized spacial score (nSPS) is 23.0. The van der Waals surface area contributed by atoms with Crippen LogP contribution in [0.3, 0.4) is 0 Å². The first-order valence-electron chi connectivity index (χ1n) is 9.50. The Balaban J connectivity index is 1.54. The molecule has 2 fully saturated rings. The molecule has 1 spiro atoms. The van der Waals surface area contributed by atoms with Crippen LogP contribution >= 0.6 is 11.8 Å². The van der Waals surface area contributed by atoms with Crippen molar-refractivity contribution < 1.29 is 9.59 Å². The molecule has 5 nitrogen and oxygen atoms in total. The summed E-state index contributed by atoms with van der Waals surface area (Å²) in [6.45, 7) is 7.59. The predicted molar refractivity (Wildman–Crippen MR) is 106 cm³/mol. The lowest BCUT2D eigenvalue weighted by Crippen LogP contribution is -2.55. The summed E-state index contributed by atoms with van der Waals surface area (Å²) >= 11 is 1.84. The SMILES string of the molecule is CCC(C)NC(=O)C1CSC2(CCN(C(=O)c3ccc(C)cc3)CC2)N1. The van der Waals surface area contributed by atoms with E-state index < -0.39 is 0 Å². The number of nitrogens with zero attached hydrogens (tertiary/aromatic N) is 1.